The van der Waals surface area contributed by atoms with Crippen molar-refractivity contribution in [2.75, 3.05) is 11.4 Å². The Balaban J connectivity index is 1.70. The van der Waals surface area contributed by atoms with Crippen LogP contribution in [-0.4, -0.2) is 22.4 Å². The van der Waals surface area contributed by atoms with Crippen LogP contribution in [-0.2, 0) is 6.42 Å². The summed E-state index contributed by atoms with van der Waals surface area (Å²) in [6, 6.07) is 16.6. The molecule has 1 amide bonds. The lowest BCUT2D eigenvalue weighted by Gasteiger charge is -2.29. The number of carbonyl (C=O) groups excluding carboxylic acids is 1. The molecule has 0 atom stereocenters. The van der Waals surface area contributed by atoms with E-state index in [2.05, 4.69) is 34.2 Å². The van der Waals surface area contributed by atoms with Gasteiger partial charge in [0.05, 0.1) is 6.20 Å². The molecule has 4 heteroatoms. The van der Waals surface area contributed by atoms with Gasteiger partial charge in [-0.1, -0.05) is 36.4 Å². The summed E-state index contributed by atoms with van der Waals surface area (Å²) in [6.45, 7) is 0.715. The van der Waals surface area contributed by atoms with Crippen molar-refractivity contribution in [2.24, 2.45) is 0 Å². The van der Waals surface area contributed by atoms with Crippen molar-refractivity contribution < 1.29 is 4.79 Å². The Bertz CT molecular complexity index is 863. The second-order valence-electron chi connectivity index (χ2n) is 5.86. The number of hydrogen-bond donors (Lipinski definition) is 0. The Morgan fingerprint density at radius 3 is 2.67 bits per heavy atom. The molecule has 0 spiro atoms. The average molecular weight is 315 g/mol. The molecule has 1 aromatic heterocycles. The molecular weight excluding hydrogens is 298 g/mol. The van der Waals surface area contributed by atoms with E-state index in [0.29, 0.717) is 12.2 Å². The van der Waals surface area contributed by atoms with Gasteiger partial charge in [0.15, 0.2) is 0 Å². The molecule has 2 heterocycles. The van der Waals surface area contributed by atoms with Crippen LogP contribution in [0.5, 0.6) is 0 Å². The van der Waals surface area contributed by atoms with Crippen LogP contribution >= 0.6 is 0 Å². The molecule has 4 nitrogen and oxygen atoms in total. The van der Waals surface area contributed by atoms with Gasteiger partial charge in [0.2, 0.25) is 0 Å². The molecule has 118 valence electrons. The summed E-state index contributed by atoms with van der Waals surface area (Å²) in [4.78, 5) is 22.7. The maximum absolute atomic E-state index is 12.7. The first-order chi connectivity index (χ1) is 11.8. The average Bonchev–Trinajstić information content (AvgIpc) is 2.68. The number of anilines is 1. The third-order valence-corrected chi connectivity index (χ3v) is 4.33. The molecule has 0 saturated carbocycles. The molecule has 2 aromatic carbocycles. The summed E-state index contributed by atoms with van der Waals surface area (Å²) in [6.07, 6.45) is 6.59. The van der Waals surface area contributed by atoms with E-state index in [1.54, 1.807) is 12.4 Å². The Labute approximate surface area is 140 Å². The van der Waals surface area contributed by atoms with E-state index in [4.69, 9.17) is 0 Å². The fraction of sp³-hybridized carbons (Fsp3) is 0.150. The third-order valence-electron chi connectivity index (χ3n) is 4.33. The van der Waals surface area contributed by atoms with Gasteiger partial charge in [-0.25, -0.2) is 4.98 Å². The highest BCUT2D eigenvalue weighted by Gasteiger charge is 2.24. The van der Waals surface area contributed by atoms with E-state index in [9.17, 15) is 4.79 Å². The minimum Gasteiger partial charge on any atom is -0.307 e. The molecule has 0 saturated heterocycles. The van der Waals surface area contributed by atoms with Crippen LogP contribution in [0.3, 0.4) is 0 Å². The van der Waals surface area contributed by atoms with Crippen LogP contribution in [0.1, 0.15) is 22.5 Å². The molecule has 0 unspecified atom stereocenters. The Morgan fingerprint density at radius 1 is 1.00 bits per heavy atom. The third kappa shape index (κ3) is 2.67. The van der Waals surface area contributed by atoms with Gasteiger partial charge >= 0.3 is 0 Å². The lowest BCUT2D eigenvalue weighted by Crippen LogP contribution is -2.36. The number of aryl methyl sites for hydroxylation is 1. The van der Waals surface area contributed by atoms with Crippen molar-refractivity contribution >= 4 is 11.6 Å². The summed E-state index contributed by atoms with van der Waals surface area (Å²) in [5, 5.41) is 0. The second kappa shape index (κ2) is 6.24. The van der Waals surface area contributed by atoms with Crippen molar-refractivity contribution in [3.8, 4) is 11.1 Å². The Hall–Kier alpha value is -3.01. The first-order valence-corrected chi connectivity index (χ1v) is 8.09. The molecule has 0 radical (unpaired) electrons. The van der Waals surface area contributed by atoms with Crippen molar-refractivity contribution in [3.05, 3.63) is 78.4 Å². The SMILES string of the molecule is O=C(c1cnccn1)N1CCCc2cc(-c3ccccc3)ccc21. The Kier molecular flexibility index (Phi) is 3.79. The maximum Gasteiger partial charge on any atom is 0.278 e. The van der Waals surface area contributed by atoms with Gasteiger partial charge in [0, 0.05) is 24.6 Å². The monoisotopic (exact) mass is 315 g/mol. The molecule has 1 aliphatic rings. The summed E-state index contributed by atoms with van der Waals surface area (Å²) >= 11 is 0. The topological polar surface area (TPSA) is 46.1 Å². The molecule has 0 aliphatic carbocycles. The number of benzene rings is 2. The fourth-order valence-corrected chi connectivity index (χ4v) is 3.17. The number of fused-ring (bicyclic) bond motifs is 1. The van der Waals surface area contributed by atoms with Crippen molar-refractivity contribution in [1.82, 2.24) is 9.97 Å². The largest absolute Gasteiger partial charge is 0.307 e. The molecule has 4 rings (SSSR count). The first kappa shape index (κ1) is 14.6. The maximum atomic E-state index is 12.7. The van der Waals surface area contributed by atoms with Gasteiger partial charge < -0.3 is 4.90 Å². The quantitative estimate of drug-likeness (QED) is 0.724. The molecule has 1 aliphatic heterocycles. The van der Waals surface area contributed by atoms with Crippen LogP contribution in [0.4, 0.5) is 5.69 Å². The van der Waals surface area contributed by atoms with Gasteiger partial charge in [0.1, 0.15) is 5.69 Å². The minimum absolute atomic E-state index is 0.0866. The highest BCUT2D eigenvalue weighted by Crippen LogP contribution is 2.32. The van der Waals surface area contributed by atoms with Crippen molar-refractivity contribution in [2.45, 2.75) is 12.8 Å². The van der Waals surface area contributed by atoms with Gasteiger partial charge in [-0.05, 0) is 41.7 Å². The summed E-state index contributed by atoms with van der Waals surface area (Å²) in [5.74, 6) is -0.0866. The molecule has 3 aromatic rings. The van der Waals surface area contributed by atoms with E-state index in [1.165, 1.54) is 22.9 Å². The summed E-state index contributed by atoms with van der Waals surface area (Å²) in [7, 11) is 0. The van der Waals surface area contributed by atoms with Crippen LogP contribution in [0.25, 0.3) is 11.1 Å². The van der Waals surface area contributed by atoms with Crippen LogP contribution in [0.15, 0.2) is 67.1 Å². The molecule has 24 heavy (non-hydrogen) atoms. The van der Waals surface area contributed by atoms with Gasteiger partial charge in [0.25, 0.3) is 5.91 Å². The predicted molar refractivity (Wildman–Crippen MR) is 93.9 cm³/mol. The summed E-state index contributed by atoms with van der Waals surface area (Å²) < 4.78 is 0. The van der Waals surface area contributed by atoms with E-state index in [-0.39, 0.29) is 5.91 Å². The molecule has 0 fully saturated rings. The lowest BCUT2D eigenvalue weighted by atomic mass is 9.96. The van der Waals surface area contributed by atoms with E-state index < -0.39 is 0 Å². The van der Waals surface area contributed by atoms with E-state index in [0.717, 1.165) is 18.5 Å². The zero-order chi connectivity index (χ0) is 16.4. The lowest BCUT2D eigenvalue weighted by molar-refractivity contribution is 0.0980. The second-order valence-corrected chi connectivity index (χ2v) is 5.86. The minimum atomic E-state index is -0.0866. The normalized spacial score (nSPS) is 13.4. The van der Waals surface area contributed by atoms with Crippen LogP contribution in [0.2, 0.25) is 0 Å². The zero-order valence-electron chi connectivity index (χ0n) is 13.2. The van der Waals surface area contributed by atoms with Gasteiger partial charge in [-0.3, -0.25) is 9.78 Å². The molecule has 0 bridgehead atoms. The molecule has 0 N–H and O–H groups in total. The number of aromatic nitrogens is 2. The van der Waals surface area contributed by atoms with Gasteiger partial charge in [-0.15, -0.1) is 0 Å². The van der Waals surface area contributed by atoms with E-state index >= 15 is 0 Å². The van der Waals surface area contributed by atoms with Crippen LogP contribution in [0, 0.1) is 0 Å². The molecular formula is C20H17N3O. The number of amides is 1. The highest BCUT2D eigenvalue weighted by atomic mass is 16.2. The number of hydrogen-bond acceptors (Lipinski definition) is 3. The highest BCUT2D eigenvalue weighted by molar-refractivity contribution is 6.05. The number of carbonyl (C=O) groups is 1. The van der Waals surface area contributed by atoms with Crippen LogP contribution < -0.4 is 4.90 Å². The standard InChI is InChI=1S/C20H17N3O/c24-20(18-14-21-10-11-22-18)23-12-4-7-17-13-16(8-9-19(17)23)15-5-2-1-3-6-15/h1-3,5-6,8-11,13-14H,4,7,12H2. The number of rotatable bonds is 2. The van der Waals surface area contributed by atoms with Gasteiger partial charge in [-0.2, -0.15) is 0 Å². The van der Waals surface area contributed by atoms with E-state index in [1.807, 2.05) is 29.2 Å². The fourth-order valence-electron chi connectivity index (χ4n) is 3.17. The van der Waals surface area contributed by atoms with Crippen molar-refractivity contribution in [3.63, 3.8) is 0 Å². The smallest absolute Gasteiger partial charge is 0.278 e. The van der Waals surface area contributed by atoms with Crippen molar-refractivity contribution in [1.29, 1.82) is 0 Å². The Morgan fingerprint density at radius 2 is 1.88 bits per heavy atom. The predicted octanol–water partition coefficient (Wildman–Crippen LogP) is 3.74. The number of nitrogens with zero attached hydrogens (tertiary/aromatic N) is 3. The first-order valence-electron chi connectivity index (χ1n) is 8.09. The summed E-state index contributed by atoms with van der Waals surface area (Å²) in [5.41, 5.74) is 4.95. The zero-order valence-corrected chi connectivity index (χ0v) is 13.2.